The van der Waals surface area contributed by atoms with Gasteiger partial charge in [0.1, 0.15) is 0 Å². The zero-order valence-electron chi connectivity index (χ0n) is 13.0. The monoisotopic (exact) mass is 372 g/mol. The average Bonchev–Trinajstić information content (AvgIpc) is 2.39. The average molecular weight is 374 g/mol. The third-order valence-electron chi connectivity index (χ3n) is 4.38. The number of benzene rings is 1. The van der Waals surface area contributed by atoms with E-state index in [1.54, 1.807) is 0 Å². The van der Waals surface area contributed by atoms with Crippen LogP contribution in [-0.4, -0.2) is 31.6 Å². The number of hydrogen-bond acceptors (Lipinski definition) is 2. The molecule has 0 heterocycles. The fraction of sp³-hybridized carbons (Fsp3) is 0.647. The molecule has 1 aliphatic rings. The van der Waals surface area contributed by atoms with Gasteiger partial charge in [0, 0.05) is 22.1 Å². The predicted molar refractivity (Wildman–Crippen MR) is 95.0 cm³/mol. The summed E-state index contributed by atoms with van der Waals surface area (Å²) in [5.74, 6) is 0.934. The van der Waals surface area contributed by atoms with Gasteiger partial charge in [-0.3, -0.25) is 0 Å². The second kappa shape index (κ2) is 8.52. The topological polar surface area (TPSA) is 15.3 Å². The normalized spacial score (nSPS) is 17.0. The molecule has 1 aliphatic carbocycles. The van der Waals surface area contributed by atoms with Crippen LogP contribution < -0.4 is 5.32 Å². The fourth-order valence-corrected chi connectivity index (χ4v) is 3.76. The first-order valence-corrected chi connectivity index (χ1v) is 9.14. The Balaban J connectivity index is 1.91. The Kier molecular flexibility index (Phi) is 7.00. The minimum atomic E-state index is 0.333. The Morgan fingerprint density at radius 2 is 2.19 bits per heavy atom. The van der Waals surface area contributed by atoms with Gasteiger partial charge in [-0.25, -0.2) is 0 Å². The van der Waals surface area contributed by atoms with E-state index in [4.69, 9.17) is 11.6 Å². The van der Waals surface area contributed by atoms with Crippen molar-refractivity contribution in [3.05, 3.63) is 33.3 Å². The van der Waals surface area contributed by atoms with Crippen LogP contribution in [-0.2, 0) is 0 Å². The molecule has 0 bridgehead atoms. The van der Waals surface area contributed by atoms with E-state index in [0.717, 1.165) is 34.9 Å². The highest BCUT2D eigenvalue weighted by atomic mass is 79.9. The molecule has 2 rings (SSSR count). The molecule has 4 heteroatoms. The maximum absolute atomic E-state index is 6.41. The molecule has 0 aliphatic heterocycles. The van der Waals surface area contributed by atoms with Gasteiger partial charge < -0.3 is 10.2 Å². The zero-order chi connectivity index (χ0) is 15.2. The number of nitrogens with one attached hydrogen (secondary N) is 1. The van der Waals surface area contributed by atoms with Crippen molar-refractivity contribution in [3.8, 4) is 0 Å². The molecule has 21 heavy (non-hydrogen) atoms. The molecule has 0 aromatic heterocycles. The summed E-state index contributed by atoms with van der Waals surface area (Å²) < 4.78 is 1.04. The molecule has 0 amide bonds. The quantitative estimate of drug-likeness (QED) is 0.699. The number of nitrogens with zero attached hydrogens (tertiary/aromatic N) is 1. The van der Waals surface area contributed by atoms with Crippen LogP contribution in [0.25, 0.3) is 0 Å². The van der Waals surface area contributed by atoms with Gasteiger partial charge in [-0.15, -0.1) is 0 Å². The van der Waals surface area contributed by atoms with Crippen LogP contribution in [0.15, 0.2) is 22.7 Å². The molecular weight excluding hydrogens is 348 g/mol. The van der Waals surface area contributed by atoms with Gasteiger partial charge in [0.05, 0.1) is 0 Å². The summed E-state index contributed by atoms with van der Waals surface area (Å²) in [6.45, 7) is 5.47. The molecule has 1 N–H and O–H groups in total. The largest absolute Gasteiger partial charge is 0.310 e. The van der Waals surface area contributed by atoms with Crippen molar-refractivity contribution in [3.63, 3.8) is 0 Å². The SMILES string of the molecule is CCNC(CCN(C)CC1CCC1)c1ccc(Br)cc1Cl. The van der Waals surface area contributed by atoms with Crippen LogP contribution in [0.4, 0.5) is 0 Å². The van der Waals surface area contributed by atoms with Gasteiger partial charge in [-0.05, 0) is 63.0 Å². The van der Waals surface area contributed by atoms with Crippen molar-refractivity contribution < 1.29 is 0 Å². The van der Waals surface area contributed by atoms with E-state index in [2.05, 4.69) is 52.3 Å². The summed E-state index contributed by atoms with van der Waals surface area (Å²) in [6, 6.07) is 6.52. The summed E-state index contributed by atoms with van der Waals surface area (Å²) >= 11 is 9.88. The van der Waals surface area contributed by atoms with Crippen LogP contribution in [0.5, 0.6) is 0 Å². The zero-order valence-corrected chi connectivity index (χ0v) is 15.4. The van der Waals surface area contributed by atoms with E-state index in [0.29, 0.717) is 6.04 Å². The highest BCUT2D eigenvalue weighted by molar-refractivity contribution is 9.10. The van der Waals surface area contributed by atoms with Gasteiger partial charge in [0.2, 0.25) is 0 Å². The molecular formula is C17H26BrClN2. The van der Waals surface area contributed by atoms with Crippen LogP contribution in [0, 0.1) is 5.92 Å². The molecule has 118 valence electrons. The Labute approximate surface area is 142 Å². The first-order chi connectivity index (χ1) is 10.1. The van der Waals surface area contributed by atoms with Crippen molar-refractivity contribution in [2.24, 2.45) is 5.92 Å². The third-order valence-corrected chi connectivity index (χ3v) is 5.20. The number of hydrogen-bond donors (Lipinski definition) is 1. The minimum Gasteiger partial charge on any atom is -0.310 e. The van der Waals surface area contributed by atoms with E-state index in [1.165, 1.54) is 31.4 Å². The van der Waals surface area contributed by atoms with E-state index in [-0.39, 0.29) is 0 Å². The third kappa shape index (κ3) is 5.24. The van der Waals surface area contributed by atoms with Gasteiger partial charge in [0.25, 0.3) is 0 Å². The molecule has 1 fully saturated rings. The molecule has 1 saturated carbocycles. The Morgan fingerprint density at radius 1 is 1.43 bits per heavy atom. The Hall–Kier alpha value is -0.0900. The molecule has 0 spiro atoms. The summed E-state index contributed by atoms with van der Waals surface area (Å²) in [5, 5.41) is 4.41. The van der Waals surface area contributed by atoms with Crippen LogP contribution in [0.2, 0.25) is 5.02 Å². The van der Waals surface area contributed by atoms with Gasteiger partial charge in [0.15, 0.2) is 0 Å². The highest BCUT2D eigenvalue weighted by Crippen LogP contribution is 2.29. The Bertz CT molecular complexity index is 448. The molecule has 1 aromatic carbocycles. The van der Waals surface area contributed by atoms with E-state index < -0.39 is 0 Å². The number of halogens is 2. The molecule has 2 nitrogen and oxygen atoms in total. The minimum absolute atomic E-state index is 0.333. The van der Waals surface area contributed by atoms with Crippen molar-refractivity contribution >= 4 is 27.5 Å². The van der Waals surface area contributed by atoms with Gasteiger partial charge in [-0.1, -0.05) is 46.9 Å². The second-order valence-corrected chi connectivity index (χ2v) is 7.45. The smallest absolute Gasteiger partial charge is 0.0465 e. The van der Waals surface area contributed by atoms with E-state index >= 15 is 0 Å². The lowest BCUT2D eigenvalue weighted by atomic mass is 9.85. The van der Waals surface area contributed by atoms with E-state index in [1.807, 2.05) is 6.07 Å². The van der Waals surface area contributed by atoms with Crippen molar-refractivity contribution in [1.29, 1.82) is 0 Å². The lowest BCUT2D eigenvalue weighted by molar-refractivity contribution is 0.199. The fourth-order valence-electron chi connectivity index (χ4n) is 2.95. The van der Waals surface area contributed by atoms with Crippen LogP contribution >= 0.6 is 27.5 Å². The van der Waals surface area contributed by atoms with Crippen LogP contribution in [0.1, 0.15) is 44.2 Å². The van der Waals surface area contributed by atoms with Crippen molar-refractivity contribution in [1.82, 2.24) is 10.2 Å². The maximum Gasteiger partial charge on any atom is 0.0465 e. The standard InChI is InChI=1S/C17H26BrClN2/c1-3-20-17(15-8-7-14(18)11-16(15)19)9-10-21(2)12-13-5-4-6-13/h7-8,11,13,17,20H,3-6,9-10,12H2,1-2H3. The molecule has 1 atom stereocenters. The lowest BCUT2D eigenvalue weighted by Crippen LogP contribution is -2.32. The van der Waals surface area contributed by atoms with Gasteiger partial charge in [-0.2, -0.15) is 0 Å². The molecule has 1 unspecified atom stereocenters. The van der Waals surface area contributed by atoms with Gasteiger partial charge >= 0.3 is 0 Å². The second-order valence-electron chi connectivity index (χ2n) is 6.12. The summed E-state index contributed by atoms with van der Waals surface area (Å²) in [4.78, 5) is 2.47. The lowest BCUT2D eigenvalue weighted by Gasteiger charge is -2.31. The summed E-state index contributed by atoms with van der Waals surface area (Å²) in [6.07, 6.45) is 5.35. The van der Waals surface area contributed by atoms with E-state index in [9.17, 15) is 0 Å². The summed E-state index contributed by atoms with van der Waals surface area (Å²) in [7, 11) is 2.24. The van der Waals surface area contributed by atoms with Crippen molar-refractivity contribution in [2.45, 2.75) is 38.6 Å². The summed E-state index contributed by atoms with van der Waals surface area (Å²) in [5.41, 5.74) is 1.21. The van der Waals surface area contributed by atoms with Crippen molar-refractivity contribution in [2.75, 3.05) is 26.7 Å². The predicted octanol–water partition coefficient (Wildman–Crippen LogP) is 4.88. The first kappa shape index (κ1) is 17.3. The molecule has 0 saturated heterocycles. The number of rotatable bonds is 8. The first-order valence-electron chi connectivity index (χ1n) is 7.97. The highest BCUT2D eigenvalue weighted by Gasteiger charge is 2.20. The molecule has 0 radical (unpaired) electrons. The maximum atomic E-state index is 6.41. The molecule has 1 aromatic rings. The Morgan fingerprint density at radius 3 is 2.76 bits per heavy atom. The van der Waals surface area contributed by atoms with Crippen LogP contribution in [0.3, 0.4) is 0 Å².